The summed E-state index contributed by atoms with van der Waals surface area (Å²) in [6.07, 6.45) is 11.5. The van der Waals surface area contributed by atoms with Crippen molar-refractivity contribution in [2.24, 2.45) is 17.3 Å². The largest absolute Gasteiger partial charge is 0.314 e. The quantitative estimate of drug-likeness (QED) is 0.765. The van der Waals surface area contributed by atoms with E-state index in [9.17, 15) is 0 Å². The van der Waals surface area contributed by atoms with Gasteiger partial charge in [-0.25, -0.2) is 0 Å². The average molecular weight is 237 g/mol. The van der Waals surface area contributed by atoms with Gasteiger partial charge in [-0.15, -0.1) is 0 Å². The minimum Gasteiger partial charge on any atom is -0.314 e. The van der Waals surface area contributed by atoms with Gasteiger partial charge in [-0.2, -0.15) is 0 Å². The molecule has 2 fully saturated rings. The second kappa shape index (κ2) is 5.73. The first-order chi connectivity index (χ1) is 8.14. The molecule has 0 aromatic carbocycles. The molecule has 0 aromatic heterocycles. The van der Waals surface area contributed by atoms with Crippen molar-refractivity contribution < 1.29 is 0 Å². The topological polar surface area (TPSA) is 12.0 Å². The Labute approximate surface area is 108 Å². The van der Waals surface area contributed by atoms with Crippen molar-refractivity contribution >= 4 is 0 Å². The summed E-state index contributed by atoms with van der Waals surface area (Å²) in [5.74, 6) is 1.99. The Morgan fingerprint density at radius 2 is 2.06 bits per heavy atom. The molecule has 0 aliphatic heterocycles. The van der Waals surface area contributed by atoms with Crippen LogP contribution in [0.5, 0.6) is 0 Å². The summed E-state index contributed by atoms with van der Waals surface area (Å²) >= 11 is 0. The van der Waals surface area contributed by atoms with Gasteiger partial charge in [-0.1, -0.05) is 33.6 Å². The molecule has 100 valence electrons. The van der Waals surface area contributed by atoms with Crippen molar-refractivity contribution in [3.05, 3.63) is 0 Å². The van der Waals surface area contributed by atoms with Crippen molar-refractivity contribution in [3.8, 4) is 0 Å². The van der Waals surface area contributed by atoms with Gasteiger partial charge in [0, 0.05) is 6.04 Å². The summed E-state index contributed by atoms with van der Waals surface area (Å²) in [4.78, 5) is 0. The van der Waals surface area contributed by atoms with Crippen LogP contribution in [0.2, 0.25) is 0 Å². The van der Waals surface area contributed by atoms with Gasteiger partial charge in [0.25, 0.3) is 0 Å². The fourth-order valence-electron chi connectivity index (χ4n) is 4.23. The number of hydrogen-bond acceptors (Lipinski definition) is 1. The van der Waals surface area contributed by atoms with Crippen molar-refractivity contribution in [1.29, 1.82) is 0 Å². The molecule has 0 aromatic rings. The van der Waals surface area contributed by atoms with E-state index in [1.807, 2.05) is 0 Å². The molecule has 2 saturated carbocycles. The summed E-state index contributed by atoms with van der Waals surface area (Å²) < 4.78 is 0. The van der Waals surface area contributed by atoms with Crippen LogP contribution in [0.25, 0.3) is 0 Å². The standard InChI is InChI=1S/C16H31N/c1-4-10-17-15-8-9-16(3,12-15)14-7-5-6-13(2)11-14/h13-15,17H,4-12H2,1-3H3. The second-order valence-corrected chi connectivity index (χ2v) is 7.02. The maximum atomic E-state index is 3.74. The molecule has 4 atom stereocenters. The lowest BCUT2D eigenvalue weighted by Crippen LogP contribution is -2.33. The molecule has 17 heavy (non-hydrogen) atoms. The third-order valence-corrected chi connectivity index (χ3v) is 5.38. The highest BCUT2D eigenvalue weighted by atomic mass is 14.9. The fourth-order valence-corrected chi connectivity index (χ4v) is 4.23. The molecule has 0 bridgehead atoms. The van der Waals surface area contributed by atoms with Crippen LogP contribution in [-0.4, -0.2) is 12.6 Å². The van der Waals surface area contributed by atoms with E-state index < -0.39 is 0 Å². The van der Waals surface area contributed by atoms with E-state index in [2.05, 4.69) is 26.1 Å². The summed E-state index contributed by atoms with van der Waals surface area (Å²) in [7, 11) is 0. The van der Waals surface area contributed by atoms with Gasteiger partial charge in [-0.05, 0) is 62.3 Å². The van der Waals surface area contributed by atoms with Crippen LogP contribution in [0.15, 0.2) is 0 Å². The van der Waals surface area contributed by atoms with Crippen LogP contribution in [-0.2, 0) is 0 Å². The Kier molecular flexibility index (Phi) is 4.52. The predicted octanol–water partition coefficient (Wildman–Crippen LogP) is 4.37. The Balaban J connectivity index is 1.87. The second-order valence-electron chi connectivity index (χ2n) is 7.02. The number of rotatable bonds is 4. The van der Waals surface area contributed by atoms with Crippen molar-refractivity contribution in [3.63, 3.8) is 0 Å². The molecule has 0 saturated heterocycles. The van der Waals surface area contributed by atoms with E-state index in [1.165, 1.54) is 57.9 Å². The molecule has 1 N–H and O–H groups in total. The molecule has 0 radical (unpaired) electrons. The summed E-state index contributed by atoms with van der Waals surface area (Å²) in [5.41, 5.74) is 0.653. The fraction of sp³-hybridized carbons (Fsp3) is 1.00. The third-order valence-electron chi connectivity index (χ3n) is 5.38. The van der Waals surface area contributed by atoms with Crippen LogP contribution in [0.1, 0.15) is 72.1 Å². The normalized spacial score (nSPS) is 42.9. The van der Waals surface area contributed by atoms with Crippen LogP contribution < -0.4 is 5.32 Å². The zero-order chi connectivity index (χ0) is 12.3. The molecule has 2 aliphatic carbocycles. The molecule has 4 unspecified atom stereocenters. The molecule has 2 rings (SSSR count). The van der Waals surface area contributed by atoms with Gasteiger partial charge in [-0.3, -0.25) is 0 Å². The van der Waals surface area contributed by atoms with E-state index >= 15 is 0 Å². The lowest BCUT2D eigenvalue weighted by molar-refractivity contribution is 0.116. The van der Waals surface area contributed by atoms with E-state index in [1.54, 1.807) is 0 Å². The van der Waals surface area contributed by atoms with Crippen LogP contribution in [0, 0.1) is 17.3 Å². The Bertz CT molecular complexity index is 238. The Hall–Kier alpha value is -0.0400. The molecular weight excluding hydrogens is 206 g/mol. The highest BCUT2D eigenvalue weighted by Gasteiger charge is 2.41. The van der Waals surface area contributed by atoms with E-state index in [4.69, 9.17) is 0 Å². The zero-order valence-electron chi connectivity index (χ0n) is 12.1. The zero-order valence-corrected chi connectivity index (χ0v) is 12.1. The molecular formula is C16H31N. The summed E-state index contributed by atoms with van der Waals surface area (Å²) in [6.45, 7) is 8.51. The first kappa shape index (κ1) is 13.4. The van der Waals surface area contributed by atoms with E-state index in [0.717, 1.165) is 17.9 Å². The summed E-state index contributed by atoms with van der Waals surface area (Å²) in [6, 6.07) is 0.817. The van der Waals surface area contributed by atoms with Gasteiger partial charge >= 0.3 is 0 Å². The van der Waals surface area contributed by atoms with Gasteiger partial charge in [0.05, 0.1) is 0 Å². The van der Waals surface area contributed by atoms with E-state index in [-0.39, 0.29) is 0 Å². The minimum atomic E-state index is 0.653. The smallest absolute Gasteiger partial charge is 0.00725 e. The molecule has 1 heteroatoms. The van der Waals surface area contributed by atoms with Gasteiger partial charge in [0.1, 0.15) is 0 Å². The minimum absolute atomic E-state index is 0.653. The maximum absolute atomic E-state index is 3.74. The highest BCUT2D eigenvalue weighted by molar-refractivity contribution is 4.95. The Morgan fingerprint density at radius 1 is 1.24 bits per heavy atom. The SMILES string of the molecule is CCCNC1CCC(C)(C2CCCC(C)C2)C1. The average Bonchev–Trinajstić information content (AvgIpc) is 2.70. The van der Waals surface area contributed by atoms with Crippen molar-refractivity contribution in [2.75, 3.05) is 6.54 Å². The van der Waals surface area contributed by atoms with Crippen LogP contribution >= 0.6 is 0 Å². The van der Waals surface area contributed by atoms with Crippen molar-refractivity contribution in [1.82, 2.24) is 5.32 Å². The summed E-state index contributed by atoms with van der Waals surface area (Å²) in [5, 5.41) is 3.74. The lowest BCUT2D eigenvalue weighted by Gasteiger charge is -2.39. The Morgan fingerprint density at radius 3 is 2.76 bits per heavy atom. The van der Waals surface area contributed by atoms with E-state index in [0.29, 0.717) is 5.41 Å². The maximum Gasteiger partial charge on any atom is 0.00725 e. The lowest BCUT2D eigenvalue weighted by atomic mass is 9.66. The number of nitrogens with one attached hydrogen (secondary N) is 1. The first-order valence-electron chi connectivity index (χ1n) is 7.87. The molecule has 2 aliphatic rings. The van der Waals surface area contributed by atoms with Gasteiger partial charge in [0.2, 0.25) is 0 Å². The van der Waals surface area contributed by atoms with Crippen LogP contribution in [0.4, 0.5) is 0 Å². The monoisotopic (exact) mass is 237 g/mol. The number of hydrogen-bond donors (Lipinski definition) is 1. The highest BCUT2D eigenvalue weighted by Crippen LogP contribution is 2.50. The van der Waals surface area contributed by atoms with Crippen LogP contribution in [0.3, 0.4) is 0 Å². The molecule has 0 spiro atoms. The predicted molar refractivity (Wildman–Crippen MR) is 75.2 cm³/mol. The van der Waals surface area contributed by atoms with Gasteiger partial charge < -0.3 is 5.32 Å². The first-order valence-corrected chi connectivity index (χ1v) is 7.87. The van der Waals surface area contributed by atoms with Crippen molar-refractivity contribution in [2.45, 2.75) is 78.2 Å². The molecule has 0 amide bonds. The third kappa shape index (κ3) is 3.24. The van der Waals surface area contributed by atoms with Gasteiger partial charge in [0.15, 0.2) is 0 Å². The molecule has 0 heterocycles. The molecule has 1 nitrogen and oxygen atoms in total.